The predicted octanol–water partition coefficient (Wildman–Crippen LogP) is 2.36. The van der Waals surface area contributed by atoms with Crippen LogP contribution in [0.5, 0.6) is 5.75 Å². The van der Waals surface area contributed by atoms with Gasteiger partial charge in [-0.3, -0.25) is 9.59 Å². The monoisotopic (exact) mass is 324 g/mol. The maximum absolute atomic E-state index is 12.3. The quantitative estimate of drug-likeness (QED) is 0.918. The Morgan fingerprint density at radius 1 is 1.17 bits per heavy atom. The van der Waals surface area contributed by atoms with Gasteiger partial charge in [0, 0.05) is 25.2 Å². The lowest BCUT2D eigenvalue weighted by atomic mass is 10.1. The van der Waals surface area contributed by atoms with Gasteiger partial charge in [-0.2, -0.15) is 0 Å². The van der Waals surface area contributed by atoms with Crippen molar-refractivity contribution in [3.8, 4) is 5.75 Å². The standard InChI is InChI=1S/C19H20N2O3/c1-24-17-9-7-16(8-10-17)21-13-15(11-18(21)22)19(23)20-12-14-5-3-2-4-6-14/h2-10,15H,11-13H2,1H3,(H,20,23)/t15-/m1/s1. The van der Waals surface area contributed by atoms with Crippen molar-refractivity contribution < 1.29 is 14.3 Å². The molecule has 0 unspecified atom stereocenters. The highest BCUT2D eigenvalue weighted by Crippen LogP contribution is 2.26. The Bertz CT molecular complexity index is 713. The summed E-state index contributed by atoms with van der Waals surface area (Å²) in [5.41, 5.74) is 1.83. The summed E-state index contributed by atoms with van der Waals surface area (Å²) in [5, 5.41) is 2.91. The molecule has 1 atom stereocenters. The van der Waals surface area contributed by atoms with Crippen LogP contribution in [0, 0.1) is 5.92 Å². The van der Waals surface area contributed by atoms with Crippen LogP contribution in [0.2, 0.25) is 0 Å². The highest BCUT2D eigenvalue weighted by atomic mass is 16.5. The van der Waals surface area contributed by atoms with Crippen molar-refractivity contribution in [1.29, 1.82) is 0 Å². The van der Waals surface area contributed by atoms with E-state index in [9.17, 15) is 9.59 Å². The Kier molecular flexibility index (Phi) is 4.79. The zero-order chi connectivity index (χ0) is 16.9. The third-order valence-electron chi connectivity index (χ3n) is 4.19. The summed E-state index contributed by atoms with van der Waals surface area (Å²) in [6.45, 7) is 0.888. The maximum Gasteiger partial charge on any atom is 0.227 e. The lowest BCUT2D eigenvalue weighted by Gasteiger charge is -2.17. The summed E-state index contributed by atoms with van der Waals surface area (Å²) in [6.07, 6.45) is 0.243. The summed E-state index contributed by atoms with van der Waals surface area (Å²) in [5.74, 6) is 0.314. The number of carbonyl (C=O) groups is 2. The van der Waals surface area contributed by atoms with Gasteiger partial charge in [-0.25, -0.2) is 0 Å². The molecule has 5 nitrogen and oxygen atoms in total. The number of nitrogens with zero attached hydrogens (tertiary/aromatic N) is 1. The smallest absolute Gasteiger partial charge is 0.227 e. The molecule has 124 valence electrons. The molecule has 0 radical (unpaired) electrons. The molecule has 0 spiro atoms. The predicted molar refractivity (Wildman–Crippen MR) is 91.7 cm³/mol. The van der Waals surface area contributed by atoms with E-state index in [1.54, 1.807) is 12.0 Å². The van der Waals surface area contributed by atoms with E-state index in [1.165, 1.54) is 0 Å². The molecule has 1 N–H and O–H groups in total. The molecule has 3 rings (SSSR count). The van der Waals surface area contributed by atoms with E-state index >= 15 is 0 Å². The third kappa shape index (κ3) is 3.56. The van der Waals surface area contributed by atoms with Crippen molar-refractivity contribution in [2.75, 3.05) is 18.6 Å². The molecule has 24 heavy (non-hydrogen) atoms. The van der Waals surface area contributed by atoms with Crippen LogP contribution in [0.15, 0.2) is 54.6 Å². The molecule has 1 aliphatic rings. The summed E-state index contributed by atoms with van der Waals surface area (Å²) in [4.78, 5) is 26.2. The van der Waals surface area contributed by atoms with E-state index in [-0.39, 0.29) is 24.2 Å². The minimum absolute atomic E-state index is 0.0278. The number of methoxy groups -OCH3 is 1. The number of anilines is 1. The molecular formula is C19H20N2O3. The first-order valence-electron chi connectivity index (χ1n) is 7.93. The van der Waals surface area contributed by atoms with Gasteiger partial charge in [0.2, 0.25) is 11.8 Å². The van der Waals surface area contributed by atoms with Crippen LogP contribution in [0.1, 0.15) is 12.0 Å². The van der Waals surface area contributed by atoms with E-state index in [1.807, 2.05) is 54.6 Å². The van der Waals surface area contributed by atoms with Crippen molar-refractivity contribution >= 4 is 17.5 Å². The lowest BCUT2D eigenvalue weighted by molar-refractivity contribution is -0.126. The number of hydrogen-bond acceptors (Lipinski definition) is 3. The normalized spacial score (nSPS) is 17.0. The number of hydrogen-bond donors (Lipinski definition) is 1. The van der Waals surface area contributed by atoms with Gasteiger partial charge in [0.05, 0.1) is 13.0 Å². The maximum atomic E-state index is 12.3. The van der Waals surface area contributed by atoms with E-state index in [0.717, 1.165) is 17.0 Å². The number of amides is 2. The van der Waals surface area contributed by atoms with Gasteiger partial charge < -0.3 is 15.0 Å². The van der Waals surface area contributed by atoms with Gasteiger partial charge in [-0.05, 0) is 29.8 Å². The second-order valence-electron chi connectivity index (χ2n) is 5.81. The number of benzene rings is 2. The van der Waals surface area contributed by atoms with E-state index in [4.69, 9.17) is 4.74 Å². The Morgan fingerprint density at radius 3 is 2.54 bits per heavy atom. The lowest BCUT2D eigenvalue weighted by Crippen LogP contribution is -2.32. The molecule has 5 heteroatoms. The second kappa shape index (κ2) is 7.17. The Balaban J connectivity index is 1.60. The fraction of sp³-hybridized carbons (Fsp3) is 0.263. The molecule has 0 aliphatic carbocycles. The minimum Gasteiger partial charge on any atom is -0.497 e. The van der Waals surface area contributed by atoms with Gasteiger partial charge in [-0.1, -0.05) is 30.3 Å². The molecule has 0 aromatic heterocycles. The molecule has 0 bridgehead atoms. The van der Waals surface area contributed by atoms with Crippen molar-refractivity contribution in [2.45, 2.75) is 13.0 Å². The fourth-order valence-corrected chi connectivity index (χ4v) is 2.82. The van der Waals surface area contributed by atoms with Gasteiger partial charge in [0.1, 0.15) is 5.75 Å². The average molecular weight is 324 g/mol. The van der Waals surface area contributed by atoms with Gasteiger partial charge in [0.25, 0.3) is 0 Å². The van der Waals surface area contributed by atoms with E-state index in [0.29, 0.717) is 13.1 Å². The zero-order valence-corrected chi connectivity index (χ0v) is 13.6. The molecule has 1 heterocycles. The van der Waals surface area contributed by atoms with Crippen molar-refractivity contribution in [2.24, 2.45) is 5.92 Å². The minimum atomic E-state index is -0.316. The molecular weight excluding hydrogens is 304 g/mol. The van der Waals surface area contributed by atoms with Crippen molar-refractivity contribution in [1.82, 2.24) is 5.32 Å². The second-order valence-corrected chi connectivity index (χ2v) is 5.81. The molecule has 2 amide bonds. The molecule has 1 fully saturated rings. The van der Waals surface area contributed by atoms with Crippen LogP contribution in [0.3, 0.4) is 0 Å². The first-order chi connectivity index (χ1) is 11.7. The van der Waals surface area contributed by atoms with Crippen molar-refractivity contribution in [3.63, 3.8) is 0 Å². The van der Waals surface area contributed by atoms with Gasteiger partial charge in [-0.15, -0.1) is 0 Å². The van der Waals surface area contributed by atoms with Gasteiger partial charge in [0.15, 0.2) is 0 Å². The SMILES string of the molecule is COc1ccc(N2C[C@H](C(=O)NCc3ccccc3)CC2=O)cc1. The summed E-state index contributed by atoms with van der Waals surface area (Å²) >= 11 is 0. The van der Waals surface area contributed by atoms with Crippen molar-refractivity contribution in [3.05, 3.63) is 60.2 Å². The van der Waals surface area contributed by atoms with Crippen LogP contribution >= 0.6 is 0 Å². The van der Waals surface area contributed by atoms with E-state index in [2.05, 4.69) is 5.32 Å². The Hall–Kier alpha value is -2.82. The van der Waals surface area contributed by atoms with Crippen LogP contribution in [-0.2, 0) is 16.1 Å². The summed E-state index contributed by atoms with van der Waals surface area (Å²) in [6, 6.07) is 17.0. The van der Waals surface area contributed by atoms with Crippen LogP contribution in [-0.4, -0.2) is 25.5 Å². The Labute approximate surface area is 141 Å². The highest BCUT2D eigenvalue weighted by Gasteiger charge is 2.34. The first kappa shape index (κ1) is 16.1. The number of rotatable bonds is 5. The molecule has 0 saturated carbocycles. The molecule has 2 aromatic rings. The molecule has 1 aliphatic heterocycles. The van der Waals surface area contributed by atoms with E-state index < -0.39 is 0 Å². The molecule has 2 aromatic carbocycles. The summed E-state index contributed by atoms with van der Waals surface area (Å²) < 4.78 is 5.12. The number of ether oxygens (including phenoxy) is 1. The summed E-state index contributed by atoms with van der Waals surface area (Å²) in [7, 11) is 1.60. The third-order valence-corrected chi connectivity index (χ3v) is 4.19. The Morgan fingerprint density at radius 2 is 1.88 bits per heavy atom. The fourth-order valence-electron chi connectivity index (χ4n) is 2.82. The highest BCUT2D eigenvalue weighted by molar-refractivity contribution is 6.00. The largest absolute Gasteiger partial charge is 0.497 e. The van der Waals surface area contributed by atoms with Gasteiger partial charge >= 0.3 is 0 Å². The van der Waals surface area contributed by atoms with Crippen LogP contribution < -0.4 is 15.0 Å². The van der Waals surface area contributed by atoms with Crippen LogP contribution in [0.25, 0.3) is 0 Å². The zero-order valence-electron chi connectivity index (χ0n) is 13.6. The molecule has 1 saturated heterocycles. The number of nitrogens with one attached hydrogen (secondary N) is 1. The average Bonchev–Trinajstić information content (AvgIpc) is 3.02. The van der Waals surface area contributed by atoms with Crippen LogP contribution in [0.4, 0.5) is 5.69 Å². The topological polar surface area (TPSA) is 58.6 Å². The first-order valence-corrected chi connectivity index (χ1v) is 7.93. The number of carbonyl (C=O) groups excluding carboxylic acids is 2.